The van der Waals surface area contributed by atoms with E-state index >= 15 is 0 Å². The van der Waals surface area contributed by atoms with Gasteiger partial charge in [0.25, 0.3) is 0 Å². The van der Waals surface area contributed by atoms with Crippen molar-refractivity contribution in [1.29, 1.82) is 0 Å². The van der Waals surface area contributed by atoms with Crippen molar-refractivity contribution in [3.8, 4) is 0 Å². The van der Waals surface area contributed by atoms with Crippen molar-refractivity contribution >= 4 is 0 Å². The molecule has 35 heavy (non-hydrogen) atoms. The third-order valence-electron chi connectivity index (χ3n) is 13.0. The third kappa shape index (κ3) is 5.56. The van der Waals surface area contributed by atoms with Crippen molar-refractivity contribution in [2.24, 2.45) is 41.4 Å². The fourth-order valence-corrected chi connectivity index (χ4v) is 11.4. The molecule has 0 saturated heterocycles. The van der Waals surface area contributed by atoms with Crippen LogP contribution in [0, 0.1) is 41.4 Å². The maximum absolute atomic E-state index is 3.29. The van der Waals surface area contributed by atoms with Crippen molar-refractivity contribution in [2.75, 3.05) is 0 Å². The van der Waals surface area contributed by atoms with Crippen molar-refractivity contribution in [2.45, 2.75) is 173 Å². The lowest BCUT2D eigenvalue weighted by molar-refractivity contribution is -0.0134. The van der Waals surface area contributed by atoms with Crippen LogP contribution in [0.15, 0.2) is 0 Å². The van der Waals surface area contributed by atoms with E-state index in [1.807, 2.05) is 0 Å². The molecule has 0 heterocycles. The van der Waals surface area contributed by atoms with E-state index in [-0.39, 0.29) is 0 Å². The Morgan fingerprint density at radius 1 is 0.457 bits per heavy atom. The van der Waals surface area contributed by atoms with E-state index in [2.05, 4.69) is 11.8 Å². The van der Waals surface area contributed by atoms with E-state index < -0.39 is 0 Å². The second-order valence-electron chi connectivity index (χ2n) is 14.7. The van der Waals surface area contributed by atoms with Crippen LogP contribution in [0.4, 0.5) is 0 Å². The smallest absolute Gasteiger partial charge is 0.0104 e. The zero-order valence-corrected chi connectivity index (χ0v) is 23.5. The average Bonchev–Trinajstić information content (AvgIpc) is 3.29. The summed E-state index contributed by atoms with van der Waals surface area (Å²) in [6.45, 7) is 2.40. The molecule has 6 saturated carbocycles. The summed E-state index contributed by atoms with van der Waals surface area (Å²) in [5.41, 5.74) is 0. The zero-order valence-electron chi connectivity index (χ0n) is 23.5. The first kappa shape index (κ1) is 25.2. The largest absolute Gasteiger partial charge is 0.294 e. The van der Waals surface area contributed by atoms with Crippen LogP contribution in [-0.2, 0) is 0 Å². The van der Waals surface area contributed by atoms with Crippen LogP contribution in [0.2, 0.25) is 0 Å². The standard InChI is InChI=1S/C34H59N/c1-2-8-25-13-17-30(18-14-25)35(31-19-15-27(16-20-31)26-9-4-3-5-10-26)32-21-22-34-29(24-32)23-28-11-6-7-12-33(28)34/h25-34H,2-24H2,1H3. The number of nitrogens with zero attached hydrogens (tertiary/aromatic N) is 1. The summed E-state index contributed by atoms with van der Waals surface area (Å²) in [5.74, 6) is 7.72. The summed E-state index contributed by atoms with van der Waals surface area (Å²) < 4.78 is 0. The van der Waals surface area contributed by atoms with Crippen LogP contribution in [0.5, 0.6) is 0 Å². The van der Waals surface area contributed by atoms with Gasteiger partial charge in [-0.15, -0.1) is 0 Å². The average molecular weight is 482 g/mol. The van der Waals surface area contributed by atoms with Gasteiger partial charge in [-0.3, -0.25) is 4.90 Å². The van der Waals surface area contributed by atoms with Gasteiger partial charge in [0.15, 0.2) is 0 Å². The molecule has 6 fully saturated rings. The van der Waals surface area contributed by atoms with Crippen LogP contribution in [0.25, 0.3) is 0 Å². The Morgan fingerprint density at radius 2 is 1.03 bits per heavy atom. The number of rotatable bonds is 6. The summed E-state index contributed by atoms with van der Waals surface area (Å²) in [4.78, 5) is 3.29. The highest BCUT2D eigenvalue weighted by atomic mass is 15.2. The van der Waals surface area contributed by atoms with Crippen LogP contribution in [-0.4, -0.2) is 23.0 Å². The molecule has 200 valence electrons. The highest BCUT2D eigenvalue weighted by molar-refractivity contribution is 5.00. The number of hydrogen-bond donors (Lipinski definition) is 0. The van der Waals surface area contributed by atoms with Crippen LogP contribution in [0.1, 0.15) is 155 Å². The van der Waals surface area contributed by atoms with Gasteiger partial charge < -0.3 is 0 Å². The minimum absolute atomic E-state index is 0.935. The summed E-state index contributed by atoms with van der Waals surface area (Å²) in [6, 6.07) is 2.82. The van der Waals surface area contributed by atoms with Crippen molar-refractivity contribution in [3.05, 3.63) is 0 Å². The highest BCUT2D eigenvalue weighted by Crippen LogP contribution is 2.55. The fourth-order valence-electron chi connectivity index (χ4n) is 11.4. The second kappa shape index (κ2) is 11.8. The SMILES string of the molecule is CCCC1CCC(N(C2CCC(C3CCCCC3)CC2)C2CCC3C(CC4CCCCC43)C2)CC1. The van der Waals surface area contributed by atoms with E-state index in [1.54, 1.807) is 89.9 Å². The molecule has 5 unspecified atom stereocenters. The summed E-state index contributed by atoms with van der Waals surface area (Å²) in [7, 11) is 0. The molecule has 6 rings (SSSR count). The monoisotopic (exact) mass is 481 g/mol. The molecule has 0 N–H and O–H groups in total. The second-order valence-corrected chi connectivity index (χ2v) is 14.7. The molecular weight excluding hydrogens is 422 g/mol. The predicted molar refractivity (Wildman–Crippen MR) is 149 cm³/mol. The Morgan fingerprint density at radius 3 is 1.77 bits per heavy atom. The van der Waals surface area contributed by atoms with Crippen LogP contribution in [0.3, 0.4) is 0 Å². The van der Waals surface area contributed by atoms with Gasteiger partial charge in [-0.05, 0) is 125 Å². The van der Waals surface area contributed by atoms with Gasteiger partial charge in [-0.25, -0.2) is 0 Å². The van der Waals surface area contributed by atoms with Crippen molar-refractivity contribution < 1.29 is 0 Å². The minimum Gasteiger partial charge on any atom is -0.294 e. The third-order valence-corrected chi connectivity index (χ3v) is 13.0. The first-order chi connectivity index (χ1) is 17.3. The molecule has 5 atom stereocenters. The predicted octanol–water partition coefficient (Wildman–Crippen LogP) is 9.78. The summed E-state index contributed by atoms with van der Waals surface area (Å²) in [5, 5.41) is 0. The van der Waals surface area contributed by atoms with E-state index in [0.29, 0.717) is 0 Å². The molecule has 6 aliphatic rings. The molecule has 0 bridgehead atoms. The quantitative estimate of drug-likeness (QED) is 0.365. The highest BCUT2D eigenvalue weighted by Gasteiger charge is 2.48. The maximum atomic E-state index is 3.29. The topological polar surface area (TPSA) is 3.24 Å². The van der Waals surface area contributed by atoms with Gasteiger partial charge in [0.1, 0.15) is 0 Å². The van der Waals surface area contributed by atoms with Gasteiger partial charge in [0.2, 0.25) is 0 Å². The van der Waals surface area contributed by atoms with E-state index in [0.717, 1.165) is 59.6 Å². The normalized spacial score (nSPS) is 45.3. The molecule has 0 aliphatic heterocycles. The van der Waals surface area contributed by atoms with E-state index in [1.165, 1.54) is 57.8 Å². The lowest BCUT2D eigenvalue weighted by atomic mass is 9.70. The molecule has 1 heteroatoms. The van der Waals surface area contributed by atoms with E-state index in [4.69, 9.17) is 0 Å². The van der Waals surface area contributed by atoms with Gasteiger partial charge in [-0.1, -0.05) is 71.1 Å². The molecule has 0 aromatic carbocycles. The molecule has 0 amide bonds. The Balaban J connectivity index is 1.12. The molecular formula is C34H59N. The van der Waals surface area contributed by atoms with Crippen LogP contribution < -0.4 is 0 Å². The Bertz CT molecular complexity index is 635. The Hall–Kier alpha value is -0.0400. The van der Waals surface area contributed by atoms with Gasteiger partial charge in [0.05, 0.1) is 0 Å². The fraction of sp³-hybridized carbons (Fsp3) is 1.00. The van der Waals surface area contributed by atoms with Crippen molar-refractivity contribution in [3.63, 3.8) is 0 Å². The molecule has 0 aromatic rings. The molecule has 6 aliphatic carbocycles. The summed E-state index contributed by atoms with van der Waals surface area (Å²) in [6.07, 6.45) is 35.6. The molecule has 0 aromatic heterocycles. The van der Waals surface area contributed by atoms with Gasteiger partial charge >= 0.3 is 0 Å². The lowest BCUT2D eigenvalue weighted by Crippen LogP contribution is -2.53. The Kier molecular flexibility index (Phi) is 8.50. The Labute approximate surface area is 219 Å². The molecule has 0 radical (unpaired) electrons. The van der Waals surface area contributed by atoms with Gasteiger partial charge in [0, 0.05) is 18.1 Å². The number of fused-ring (bicyclic) bond motifs is 3. The van der Waals surface area contributed by atoms with Crippen molar-refractivity contribution in [1.82, 2.24) is 4.90 Å². The summed E-state index contributed by atoms with van der Waals surface area (Å²) >= 11 is 0. The minimum atomic E-state index is 0.935. The lowest BCUT2D eigenvalue weighted by Gasteiger charge is -2.51. The first-order valence-corrected chi connectivity index (χ1v) is 17.1. The maximum Gasteiger partial charge on any atom is 0.0104 e. The first-order valence-electron chi connectivity index (χ1n) is 17.1. The molecule has 1 nitrogen and oxygen atoms in total. The number of hydrogen-bond acceptors (Lipinski definition) is 1. The zero-order chi connectivity index (χ0) is 23.6. The van der Waals surface area contributed by atoms with Gasteiger partial charge in [-0.2, -0.15) is 0 Å². The van der Waals surface area contributed by atoms with E-state index in [9.17, 15) is 0 Å². The van der Waals surface area contributed by atoms with Crippen LogP contribution >= 0.6 is 0 Å². The molecule has 0 spiro atoms.